The van der Waals surface area contributed by atoms with Gasteiger partial charge in [-0.05, 0) is 11.6 Å². The first-order chi connectivity index (χ1) is 7.43. The third-order valence-electron chi connectivity index (χ3n) is 2.84. The minimum Gasteiger partial charge on any atom is -0.494 e. The molecule has 1 aliphatic heterocycles. The van der Waals surface area contributed by atoms with Crippen LogP contribution >= 0.6 is 0 Å². The van der Waals surface area contributed by atoms with Gasteiger partial charge >= 0.3 is 0 Å². The number of epoxide rings is 1. The van der Waals surface area contributed by atoms with Crippen LogP contribution in [0.1, 0.15) is 12.8 Å². The summed E-state index contributed by atoms with van der Waals surface area (Å²) in [6, 6.07) is 8.41. The Labute approximate surface area is 88.8 Å². The van der Waals surface area contributed by atoms with Crippen LogP contribution in [0, 0.1) is 0 Å². The highest BCUT2D eigenvalue weighted by Gasteiger charge is 2.23. The standard InChI is InChI=1S/C13H14O2/c1-2-6-12-10(4-1)5-3-7-13(12)15-9-11-8-14-11/h1-2,4-6,11H,3,7-9H2. The molecule has 3 rings (SSSR count). The lowest BCUT2D eigenvalue weighted by atomic mass is 10.1. The van der Waals surface area contributed by atoms with E-state index in [-0.39, 0.29) is 0 Å². The average molecular weight is 202 g/mol. The number of benzene rings is 1. The van der Waals surface area contributed by atoms with Gasteiger partial charge in [0.05, 0.1) is 6.61 Å². The number of fused-ring (bicyclic) bond motifs is 1. The largest absolute Gasteiger partial charge is 0.494 e. The molecule has 0 amide bonds. The molecule has 1 fully saturated rings. The van der Waals surface area contributed by atoms with Crippen LogP contribution in [0.15, 0.2) is 24.3 Å². The molecule has 2 heteroatoms. The van der Waals surface area contributed by atoms with E-state index in [1.807, 2.05) is 0 Å². The molecule has 1 aliphatic carbocycles. The first-order valence-corrected chi connectivity index (χ1v) is 5.46. The first kappa shape index (κ1) is 8.98. The molecule has 0 bridgehead atoms. The molecule has 2 aliphatic rings. The molecule has 1 heterocycles. The fourth-order valence-corrected chi connectivity index (χ4v) is 1.93. The van der Waals surface area contributed by atoms with E-state index in [0.29, 0.717) is 12.7 Å². The summed E-state index contributed by atoms with van der Waals surface area (Å²) in [6.45, 7) is 1.57. The van der Waals surface area contributed by atoms with Crippen molar-refractivity contribution < 1.29 is 9.47 Å². The molecule has 0 radical (unpaired) electrons. The van der Waals surface area contributed by atoms with Crippen LogP contribution in [0.3, 0.4) is 0 Å². The molecule has 0 aromatic heterocycles. The van der Waals surface area contributed by atoms with Crippen LogP contribution in [0.4, 0.5) is 0 Å². The topological polar surface area (TPSA) is 21.8 Å². The van der Waals surface area contributed by atoms with Crippen molar-refractivity contribution in [3.63, 3.8) is 0 Å². The van der Waals surface area contributed by atoms with Crippen molar-refractivity contribution in [1.29, 1.82) is 0 Å². The Morgan fingerprint density at radius 1 is 1.33 bits per heavy atom. The Bertz CT molecular complexity index is 472. The lowest BCUT2D eigenvalue weighted by Crippen LogP contribution is -2.30. The fourth-order valence-electron chi connectivity index (χ4n) is 1.93. The quantitative estimate of drug-likeness (QED) is 0.676. The number of hydrogen-bond acceptors (Lipinski definition) is 2. The van der Waals surface area contributed by atoms with Crippen LogP contribution in [-0.4, -0.2) is 19.3 Å². The summed E-state index contributed by atoms with van der Waals surface area (Å²) in [7, 11) is 0. The van der Waals surface area contributed by atoms with Gasteiger partial charge in [0.1, 0.15) is 18.5 Å². The third-order valence-corrected chi connectivity index (χ3v) is 2.84. The highest BCUT2D eigenvalue weighted by atomic mass is 16.6. The Kier molecular flexibility index (Phi) is 2.22. The maximum absolute atomic E-state index is 5.80. The average Bonchev–Trinajstić information content (AvgIpc) is 3.10. The number of hydrogen-bond donors (Lipinski definition) is 0. The predicted octanol–water partition coefficient (Wildman–Crippen LogP) is 0.785. The van der Waals surface area contributed by atoms with E-state index in [4.69, 9.17) is 9.47 Å². The highest BCUT2D eigenvalue weighted by Crippen LogP contribution is 2.15. The summed E-state index contributed by atoms with van der Waals surface area (Å²) in [5, 5.41) is 2.56. The second kappa shape index (κ2) is 3.70. The van der Waals surface area contributed by atoms with E-state index >= 15 is 0 Å². The van der Waals surface area contributed by atoms with E-state index < -0.39 is 0 Å². The highest BCUT2D eigenvalue weighted by molar-refractivity contribution is 5.45. The Morgan fingerprint density at radius 3 is 3.07 bits per heavy atom. The molecule has 15 heavy (non-hydrogen) atoms. The van der Waals surface area contributed by atoms with Crippen molar-refractivity contribution in [1.82, 2.24) is 0 Å². The van der Waals surface area contributed by atoms with Crippen molar-refractivity contribution in [2.75, 3.05) is 13.2 Å². The fraction of sp³-hybridized carbons (Fsp3) is 0.385. The summed E-state index contributed by atoms with van der Waals surface area (Å²) in [6.07, 6.45) is 4.72. The molecule has 1 aromatic carbocycles. The molecule has 1 atom stereocenters. The van der Waals surface area contributed by atoms with Crippen molar-refractivity contribution in [3.8, 4) is 0 Å². The molecule has 78 valence electrons. The Hall–Kier alpha value is -1.28. The maximum atomic E-state index is 5.80. The molecule has 0 N–H and O–H groups in total. The lowest BCUT2D eigenvalue weighted by Gasteiger charge is -2.12. The summed E-state index contributed by atoms with van der Waals surface area (Å²) in [4.78, 5) is 0. The van der Waals surface area contributed by atoms with Crippen LogP contribution in [-0.2, 0) is 9.47 Å². The van der Waals surface area contributed by atoms with Crippen molar-refractivity contribution in [3.05, 3.63) is 34.7 Å². The van der Waals surface area contributed by atoms with Gasteiger partial charge in [-0.25, -0.2) is 0 Å². The van der Waals surface area contributed by atoms with Gasteiger partial charge in [-0.1, -0.05) is 30.3 Å². The van der Waals surface area contributed by atoms with Gasteiger partial charge in [0.2, 0.25) is 0 Å². The van der Waals surface area contributed by atoms with Gasteiger partial charge < -0.3 is 9.47 Å². The normalized spacial score (nSPS) is 22.9. The predicted molar refractivity (Wildman–Crippen MR) is 58.5 cm³/mol. The molecule has 2 nitrogen and oxygen atoms in total. The van der Waals surface area contributed by atoms with Gasteiger partial charge in [0.15, 0.2) is 0 Å². The van der Waals surface area contributed by atoms with Crippen LogP contribution in [0.25, 0.3) is 11.8 Å². The van der Waals surface area contributed by atoms with Gasteiger partial charge in [-0.2, -0.15) is 0 Å². The molecule has 1 saturated heterocycles. The Morgan fingerprint density at radius 2 is 2.20 bits per heavy atom. The minimum absolute atomic E-state index is 0.343. The zero-order valence-electron chi connectivity index (χ0n) is 8.61. The van der Waals surface area contributed by atoms with Crippen molar-refractivity contribution in [2.24, 2.45) is 0 Å². The zero-order chi connectivity index (χ0) is 10.1. The van der Waals surface area contributed by atoms with Gasteiger partial charge in [0, 0.05) is 11.6 Å². The van der Waals surface area contributed by atoms with E-state index in [1.54, 1.807) is 0 Å². The van der Waals surface area contributed by atoms with Crippen molar-refractivity contribution in [2.45, 2.75) is 18.9 Å². The minimum atomic E-state index is 0.343. The molecular weight excluding hydrogens is 188 g/mol. The van der Waals surface area contributed by atoms with E-state index in [2.05, 4.69) is 30.3 Å². The summed E-state index contributed by atoms with van der Waals surface area (Å²) in [5.74, 6) is 1.13. The van der Waals surface area contributed by atoms with Crippen molar-refractivity contribution >= 4 is 11.8 Å². The second-order valence-electron chi connectivity index (χ2n) is 4.02. The molecule has 1 unspecified atom stereocenters. The van der Waals surface area contributed by atoms with Crippen LogP contribution in [0.5, 0.6) is 0 Å². The smallest absolute Gasteiger partial charge is 0.116 e. The SMILES string of the molecule is C1=c2ccccc2=C(OCC2CO2)CC1. The van der Waals surface area contributed by atoms with Gasteiger partial charge in [-0.15, -0.1) is 0 Å². The second-order valence-corrected chi connectivity index (χ2v) is 4.02. The monoisotopic (exact) mass is 202 g/mol. The van der Waals surface area contributed by atoms with Crippen LogP contribution in [0.2, 0.25) is 0 Å². The molecule has 0 saturated carbocycles. The summed E-state index contributed by atoms with van der Waals surface area (Å²) in [5.41, 5.74) is 0. The third kappa shape index (κ3) is 1.90. The van der Waals surface area contributed by atoms with Gasteiger partial charge in [0.25, 0.3) is 0 Å². The number of rotatable bonds is 3. The maximum Gasteiger partial charge on any atom is 0.116 e. The summed E-state index contributed by atoms with van der Waals surface area (Å²) >= 11 is 0. The molecule has 0 spiro atoms. The summed E-state index contributed by atoms with van der Waals surface area (Å²) < 4.78 is 10.9. The molecule has 1 aromatic rings. The van der Waals surface area contributed by atoms with E-state index in [9.17, 15) is 0 Å². The lowest BCUT2D eigenvalue weighted by molar-refractivity contribution is 0.222. The van der Waals surface area contributed by atoms with Crippen LogP contribution < -0.4 is 10.4 Å². The molecular formula is C13H14O2. The Balaban J connectivity index is 1.94. The van der Waals surface area contributed by atoms with E-state index in [0.717, 1.165) is 25.2 Å². The van der Waals surface area contributed by atoms with E-state index in [1.165, 1.54) is 10.4 Å². The van der Waals surface area contributed by atoms with Gasteiger partial charge in [-0.3, -0.25) is 0 Å². The zero-order valence-corrected chi connectivity index (χ0v) is 8.61. The number of ether oxygens (including phenoxy) is 2. The first-order valence-electron chi connectivity index (χ1n) is 5.46.